The molecular formula is C16H27N3O2. The Kier molecular flexibility index (Phi) is 4.93. The molecule has 1 aliphatic rings. The Morgan fingerprint density at radius 2 is 2.29 bits per heavy atom. The van der Waals surface area contributed by atoms with Gasteiger partial charge in [0.2, 0.25) is 0 Å². The number of aromatic amines is 1. The number of nitrogens with zero attached hydrogens (tertiary/aromatic N) is 1. The molecular weight excluding hydrogens is 266 g/mol. The van der Waals surface area contributed by atoms with Gasteiger partial charge in [0.1, 0.15) is 5.60 Å². The number of hydrogen-bond donors (Lipinski definition) is 2. The molecule has 0 radical (unpaired) electrons. The average Bonchev–Trinajstić information content (AvgIpc) is 2.89. The highest BCUT2D eigenvalue weighted by molar-refractivity contribution is 5.68. The Bertz CT molecular complexity index is 451. The highest BCUT2D eigenvalue weighted by Gasteiger charge is 2.27. The van der Waals surface area contributed by atoms with Crippen LogP contribution in [0.3, 0.4) is 0 Å². The lowest BCUT2D eigenvalue weighted by Gasteiger charge is -2.37. The van der Waals surface area contributed by atoms with E-state index in [1.54, 1.807) is 0 Å². The summed E-state index contributed by atoms with van der Waals surface area (Å²) in [7, 11) is 0. The van der Waals surface area contributed by atoms with Gasteiger partial charge >= 0.3 is 6.09 Å². The van der Waals surface area contributed by atoms with Crippen LogP contribution in [-0.4, -0.2) is 40.7 Å². The van der Waals surface area contributed by atoms with Gasteiger partial charge in [-0.3, -0.25) is 4.90 Å². The number of nitrogens with one attached hydrogen (secondary N) is 2. The first-order valence-electron chi connectivity index (χ1n) is 7.72. The van der Waals surface area contributed by atoms with Gasteiger partial charge in [-0.1, -0.05) is 0 Å². The molecule has 0 aliphatic carbocycles. The van der Waals surface area contributed by atoms with Crippen molar-refractivity contribution in [2.24, 2.45) is 0 Å². The minimum atomic E-state index is -0.448. The average molecular weight is 293 g/mol. The number of carbonyl (C=O) groups is 1. The van der Waals surface area contributed by atoms with Gasteiger partial charge in [0, 0.05) is 30.5 Å². The standard InChI is InChI=1S/C16H27N3O2/c1-12(14-8-5-9-17-14)19-10-6-7-13(11-19)18-15(20)21-16(2,3)4/h5,8-9,12-13,17H,6-7,10-11H2,1-4H3,(H,18,20)/t12-,13-/m1/s1. The molecule has 118 valence electrons. The Morgan fingerprint density at radius 3 is 2.90 bits per heavy atom. The molecule has 1 aromatic heterocycles. The summed E-state index contributed by atoms with van der Waals surface area (Å²) < 4.78 is 5.33. The van der Waals surface area contributed by atoms with Crippen LogP contribution in [0.4, 0.5) is 4.79 Å². The van der Waals surface area contributed by atoms with E-state index in [1.807, 2.05) is 33.0 Å². The van der Waals surface area contributed by atoms with Gasteiger partial charge in [-0.2, -0.15) is 0 Å². The summed E-state index contributed by atoms with van der Waals surface area (Å²) in [6.07, 6.45) is 3.73. The number of H-pyrrole nitrogens is 1. The van der Waals surface area contributed by atoms with Crippen molar-refractivity contribution in [2.45, 2.75) is 58.2 Å². The van der Waals surface area contributed by atoms with Crippen LogP contribution in [0.2, 0.25) is 0 Å². The maximum absolute atomic E-state index is 11.9. The Morgan fingerprint density at radius 1 is 1.52 bits per heavy atom. The van der Waals surface area contributed by atoms with Crippen LogP contribution in [0, 0.1) is 0 Å². The van der Waals surface area contributed by atoms with E-state index in [4.69, 9.17) is 4.74 Å². The maximum Gasteiger partial charge on any atom is 0.407 e. The maximum atomic E-state index is 11.9. The zero-order valence-corrected chi connectivity index (χ0v) is 13.5. The summed E-state index contributed by atoms with van der Waals surface area (Å²) in [6, 6.07) is 4.62. The summed E-state index contributed by atoms with van der Waals surface area (Å²) in [5, 5.41) is 2.99. The summed E-state index contributed by atoms with van der Waals surface area (Å²) >= 11 is 0. The van der Waals surface area contributed by atoms with Crippen molar-refractivity contribution in [3.63, 3.8) is 0 Å². The van der Waals surface area contributed by atoms with Crippen molar-refractivity contribution in [2.75, 3.05) is 13.1 Å². The molecule has 0 unspecified atom stereocenters. The fraction of sp³-hybridized carbons (Fsp3) is 0.688. The van der Waals surface area contributed by atoms with Crippen LogP contribution in [0.15, 0.2) is 18.3 Å². The molecule has 1 aliphatic heterocycles. The predicted octanol–water partition coefficient (Wildman–Crippen LogP) is 3.06. The smallest absolute Gasteiger partial charge is 0.407 e. The summed E-state index contributed by atoms with van der Waals surface area (Å²) in [6.45, 7) is 9.76. The number of aromatic nitrogens is 1. The van der Waals surface area contributed by atoms with Crippen molar-refractivity contribution in [1.29, 1.82) is 0 Å². The van der Waals surface area contributed by atoms with E-state index >= 15 is 0 Å². The van der Waals surface area contributed by atoms with E-state index in [-0.39, 0.29) is 12.1 Å². The normalized spacial score (nSPS) is 21.8. The Balaban J connectivity index is 1.87. The molecule has 0 aromatic carbocycles. The van der Waals surface area contributed by atoms with E-state index in [9.17, 15) is 4.79 Å². The summed E-state index contributed by atoms with van der Waals surface area (Å²) in [4.78, 5) is 17.5. The fourth-order valence-electron chi connectivity index (χ4n) is 2.75. The molecule has 1 saturated heterocycles. The van der Waals surface area contributed by atoms with Gasteiger partial charge in [0.25, 0.3) is 0 Å². The number of piperidine rings is 1. The molecule has 5 heteroatoms. The van der Waals surface area contributed by atoms with Crippen molar-refractivity contribution in [3.05, 3.63) is 24.0 Å². The van der Waals surface area contributed by atoms with Gasteiger partial charge in [-0.25, -0.2) is 4.79 Å². The minimum Gasteiger partial charge on any atom is -0.444 e. The van der Waals surface area contributed by atoms with Crippen molar-refractivity contribution >= 4 is 6.09 Å². The van der Waals surface area contributed by atoms with E-state index in [0.29, 0.717) is 6.04 Å². The number of likely N-dealkylation sites (tertiary alicyclic amines) is 1. The lowest BCUT2D eigenvalue weighted by molar-refractivity contribution is 0.0457. The number of rotatable bonds is 3. The molecule has 0 spiro atoms. The Hall–Kier alpha value is -1.49. The third-order valence-corrected chi connectivity index (χ3v) is 3.79. The molecule has 2 N–H and O–H groups in total. The quantitative estimate of drug-likeness (QED) is 0.900. The van der Waals surface area contributed by atoms with E-state index in [1.165, 1.54) is 5.69 Å². The first-order valence-corrected chi connectivity index (χ1v) is 7.72. The predicted molar refractivity (Wildman–Crippen MR) is 83.2 cm³/mol. The van der Waals surface area contributed by atoms with Crippen LogP contribution in [0.25, 0.3) is 0 Å². The second-order valence-electron chi connectivity index (χ2n) is 6.78. The number of ether oxygens (including phenoxy) is 1. The zero-order chi connectivity index (χ0) is 15.5. The summed E-state index contributed by atoms with van der Waals surface area (Å²) in [5.41, 5.74) is 0.767. The van der Waals surface area contributed by atoms with Crippen molar-refractivity contribution in [3.8, 4) is 0 Å². The molecule has 0 saturated carbocycles. The molecule has 5 nitrogen and oxygen atoms in total. The van der Waals surface area contributed by atoms with Gasteiger partial charge in [-0.15, -0.1) is 0 Å². The third kappa shape index (κ3) is 4.77. The molecule has 2 rings (SSSR count). The van der Waals surface area contributed by atoms with Gasteiger partial charge < -0.3 is 15.0 Å². The van der Waals surface area contributed by atoms with Crippen molar-refractivity contribution < 1.29 is 9.53 Å². The molecule has 1 amide bonds. The van der Waals surface area contributed by atoms with E-state index < -0.39 is 5.60 Å². The highest BCUT2D eigenvalue weighted by Crippen LogP contribution is 2.23. The lowest BCUT2D eigenvalue weighted by Crippen LogP contribution is -2.49. The third-order valence-electron chi connectivity index (χ3n) is 3.79. The number of hydrogen-bond acceptors (Lipinski definition) is 3. The van der Waals surface area contributed by atoms with Crippen molar-refractivity contribution in [1.82, 2.24) is 15.2 Å². The number of alkyl carbamates (subject to hydrolysis) is 1. The monoisotopic (exact) mass is 293 g/mol. The molecule has 21 heavy (non-hydrogen) atoms. The minimum absolute atomic E-state index is 0.158. The number of carbonyl (C=O) groups excluding carboxylic acids is 1. The molecule has 0 bridgehead atoms. The molecule has 1 fully saturated rings. The van der Waals surface area contributed by atoms with Crippen LogP contribution in [0.5, 0.6) is 0 Å². The van der Waals surface area contributed by atoms with Gasteiger partial charge in [0.05, 0.1) is 0 Å². The highest BCUT2D eigenvalue weighted by atomic mass is 16.6. The van der Waals surface area contributed by atoms with E-state index in [0.717, 1.165) is 25.9 Å². The SMILES string of the molecule is C[C@H](c1ccc[nH]1)N1CCC[C@@H](NC(=O)OC(C)(C)C)C1. The zero-order valence-electron chi connectivity index (χ0n) is 13.5. The largest absolute Gasteiger partial charge is 0.444 e. The first kappa shape index (κ1) is 15.9. The molecule has 2 heterocycles. The summed E-state index contributed by atoms with van der Waals surface area (Å²) in [5.74, 6) is 0. The first-order chi connectivity index (χ1) is 9.85. The van der Waals surface area contributed by atoms with Crippen LogP contribution in [-0.2, 0) is 4.74 Å². The Labute approximate surface area is 127 Å². The van der Waals surface area contributed by atoms with Gasteiger partial charge in [0.15, 0.2) is 0 Å². The van der Waals surface area contributed by atoms with Crippen LogP contribution in [0.1, 0.15) is 52.3 Å². The topological polar surface area (TPSA) is 57.4 Å². The molecule has 2 atom stereocenters. The van der Waals surface area contributed by atoms with Crippen LogP contribution < -0.4 is 5.32 Å². The number of amides is 1. The van der Waals surface area contributed by atoms with Crippen LogP contribution >= 0.6 is 0 Å². The second kappa shape index (κ2) is 6.52. The van der Waals surface area contributed by atoms with Gasteiger partial charge in [-0.05, 0) is 59.2 Å². The molecule has 1 aromatic rings. The van der Waals surface area contributed by atoms with E-state index in [2.05, 4.69) is 28.2 Å². The fourth-order valence-corrected chi connectivity index (χ4v) is 2.75. The lowest BCUT2D eigenvalue weighted by atomic mass is 10.0. The second-order valence-corrected chi connectivity index (χ2v) is 6.78.